The normalized spacial score (nSPS) is 13.1. The number of para-hydroxylation sites is 3. The summed E-state index contributed by atoms with van der Waals surface area (Å²) >= 11 is 0. The Balaban J connectivity index is 0.977. The Hall–Kier alpha value is -8.40. The van der Waals surface area contributed by atoms with E-state index in [1.54, 1.807) is 0 Å². The van der Waals surface area contributed by atoms with Crippen LogP contribution in [0.25, 0.3) is 82.8 Å². The maximum atomic E-state index is 6.73. The average molecular weight is 815 g/mol. The first-order valence-electron chi connectivity index (χ1n) is 22.1. The van der Waals surface area contributed by atoms with Gasteiger partial charge < -0.3 is 13.9 Å². The number of hydrogen-bond acceptors (Lipinski definition) is 2. The minimum absolute atomic E-state index is 0.449. The highest BCUT2D eigenvalue weighted by Crippen LogP contribution is 2.63. The first-order chi connectivity index (χ1) is 31.8. The minimum atomic E-state index is -0.449. The van der Waals surface area contributed by atoms with Crippen LogP contribution in [-0.2, 0) is 5.41 Å². The molecule has 2 aromatic heterocycles. The lowest BCUT2D eigenvalue weighted by Gasteiger charge is -2.32. The zero-order chi connectivity index (χ0) is 41.9. The molecule has 2 aliphatic rings. The monoisotopic (exact) mass is 814 g/mol. The third kappa shape index (κ3) is 4.76. The zero-order valence-corrected chi connectivity index (χ0v) is 34.7. The first kappa shape index (κ1) is 35.2. The zero-order valence-electron chi connectivity index (χ0n) is 34.7. The van der Waals surface area contributed by atoms with Gasteiger partial charge >= 0.3 is 0 Å². The van der Waals surface area contributed by atoms with Crippen molar-refractivity contribution in [2.45, 2.75) is 5.41 Å². The highest BCUT2D eigenvalue weighted by atomic mass is 16.3. The second kappa shape index (κ2) is 13.3. The van der Waals surface area contributed by atoms with E-state index in [4.69, 9.17) is 4.42 Å². The van der Waals surface area contributed by atoms with E-state index in [1.807, 2.05) is 0 Å². The van der Waals surface area contributed by atoms with Crippen molar-refractivity contribution in [3.8, 4) is 39.1 Å². The summed E-state index contributed by atoms with van der Waals surface area (Å²) < 4.78 is 9.10. The van der Waals surface area contributed by atoms with Gasteiger partial charge in [0.15, 0.2) is 0 Å². The number of rotatable bonds is 5. The lowest BCUT2D eigenvalue weighted by atomic mass is 9.70. The summed E-state index contributed by atoms with van der Waals surface area (Å²) in [6, 6.07) is 84.4. The number of hydrogen-bond donors (Lipinski definition) is 0. The van der Waals surface area contributed by atoms with Crippen LogP contribution in [0.4, 0.5) is 17.1 Å². The summed E-state index contributed by atoms with van der Waals surface area (Å²) in [4.78, 5) is 2.43. The van der Waals surface area contributed by atoms with E-state index in [1.165, 1.54) is 66.3 Å². The maximum absolute atomic E-state index is 6.73. The fourth-order valence-corrected chi connectivity index (χ4v) is 11.4. The van der Waals surface area contributed by atoms with Gasteiger partial charge in [0.25, 0.3) is 0 Å². The third-order valence-electron chi connectivity index (χ3n) is 14.0. The van der Waals surface area contributed by atoms with Crippen LogP contribution in [0, 0.1) is 0 Å². The van der Waals surface area contributed by atoms with Gasteiger partial charge in [-0.05, 0) is 134 Å². The molecule has 0 N–H and O–H groups in total. The number of fused-ring (bicyclic) bond motifs is 16. The quantitative estimate of drug-likeness (QED) is 0.173. The van der Waals surface area contributed by atoms with Crippen molar-refractivity contribution in [2.24, 2.45) is 0 Å². The molecule has 298 valence electrons. The molecule has 10 aromatic carbocycles. The SMILES string of the molecule is c1ccc(N(c2ccc3c(c2)C2(c4ccccc4-c4ccccc42)c2ccccc2-3)c2cccc3oc4ccc(-c5ccc6c(c5)c5ccccc5n6-c5ccccc5)cc4c23)cc1. The molecular weight excluding hydrogens is 777 g/mol. The highest BCUT2D eigenvalue weighted by Gasteiger charge is 2.51. The third-order valence-corrected chi connectivity index (χ3v) is 14.0. The van der Waals surface area contributed by atoms with Gasteiger partial charge in [0.2, 0.25) is 0 Å². The molecule has 1 spiro atoms. The lowest BCUT2D eigenvalue weighted by Crippen LogP contribution is -2.26. The molecule has 0 unspecified atom stereocenters. The van der Waals surface area contributed by atoms with E-state index in [2.05, 4.69) is 240 Å². The van der Waals surface area contributed by atoms with Crippen LogP contribution in [-0.4, -0.2) is 4.57 Å². The van der Waals surface area contributed by atoms with Crippen LogP contribution >= 0.6 is 0 Å². The standard InChI is InChI=1S/C61H38N2O/c1-3-16-41(17-4-1)62(43-32-33-47-46-22-9-13-26-53(46)61(54(47)38-43)51-24-11-7-20-44(51)45-21-8-12-25-52(45)61)57-28-15-29-59-60(57)50-37-40(31-35-58(50)64-59)39-30-34-56-49(36-39)48-23-10-14-27-55(48)63(56)42-18-5-2-6-19-42/h1-38H. The van der Waals surface area contributed by atoms with Gasteiger partial charge in [-0.1, -0.05) is 152 Å². The average Bonchev–Trinajstić information content (AvgIpc) is 4.08. The molecule has 0 fully saturated rings. The van der Waals surface area contributed by atoms with Gasteiger partial charge in [-0.15, -0.1) is 0 Å². The van der Waals surface area contributed by atoms with Gasteiger partial charge in [-0.2, -0.15) is 0 Å². The molecule has 3 heteroatoms. The molecule has 0 radical (unpaired) electrons. The van der Waals surface area contributed by atoms with Crippen LogP contribution in [0.15, 0.2) is 235 Å². The van der Waals surface area contributed by atoms with Crippen molar-refractivity contribution < 1.29 is 4.42 Å². The highest BCUT2D eigenvalue weighted by molar-refractivity contribution is 6.15. The minimum Gasteiger partial charge on any atom is -0.456 e. The predicted molar refractivity (Wildman–Crippen MR) is 264 cm³/mol. The molecule has 14 rings (SSSR count). The molecule has 2 heterocycles. The molecule has 2 aliphatic carbocycles. The number of furan rings is 1. The van der Waals surface area contributed by atoms with Crippen LogP contribution in [0.5, 0.6) is 0 Å². The number of benzene rings is 10. The molecule has 0 atom stereocenters. The van der Waals surface area contributed by atoms with Crippen LogP contribution in [0.3, 0.4) is 0 Å². The van der Waals surface area contributed by atoms with Gasteiger partial charge in [0.1, 0.15) is 11.2 Å². The second-order valence-electron chi connectivity index (χ2n) is 17.2. The lowest BCUT2D eigenvalue weighted by molar-refractivity contribution is 0.669. The summed E-state index contributed by atoms with van der Waals surface area (Å²) in [5.41, 5.74) is 20.9. The first-order valence-corrected chi connectivity index (χ1v) is 22.1. The summed E-state index contributed by atoms with van der Waals surface area (Å²) in [5, 5.41) is 4.64. The smallest absolute Gasteiger partial charge is 0.137 e. The van der Waals surface area contributed by atoms with Crippen LogP contribution in [0.1, 0.15) is 22.3 Å². The van der Waals surface area contributed by atoms with Gasteiger partial charge in [-0.25, -0.2) is 0 Å². The van der Waals surface area contributed by atoms with E-state index in [9.17, 15) is 0 Å². The molecule has 3 nitrogen and oxygen atoms in total. The number of aromatic nitrogens is 1. The van der Waals surface area contributed by atoms with E-state index >= 15 is 0 Å². The summed E-state index contributed by atoms with van der Waals surface area (Å²) in [5.74, 6) is 0. The van der Waals surface area contributed by atoms with Crippen molar-refractivity contribution in [3.63, 3.8) is 0 Å². The molecule has 0 aliphatic heterocycles. The van der Waals surface area contributed by atoms with Crippen LogP contribution < -0.4 is 4.90 Å². The molecule has 0 saturated carbocycles. The van der Waals surface area contributed by atoms with E-state index in [0.29, 0.717) is 0 Å². The summed E-state index contributed by atoms with van der Waals surface area (Å²) in [6.45, 7) is 0. The summed E-state index contributed by atoms with van der Waals surface area (Å²) in [6.07, 6.45) is 0. The Morgan fingerprint density at radius 2 is 0.938 bits per heavy atom. The van der Waals surface area contributed by atoms with Crippen molar-refractivity contribution >= 4 is 60.8 Å². The topological polar surface area (TPSA) is 21.3 Å². The van der Waals surface area contributed by atoms with E-state index in [-0.39, 0.29) is 0 Å². The Bertz CT molecular complexity index is 3790. The second-order valence-corrected chi connectivity index (χ2v) is 17.2. The Kier molecular flexibility index (Phi) is 7.32. The molecule has 12 aromatic rings. The Labute approximate surface area is 370 Å². The molecule has 0 bridgehead atoms. The van der Waals surface area contributed by atoms with Gasteiger partial charge in [0.05, 0.1) is 27.5 Å². The van der Waals surface area contributed by atoms with Crippen molar-refractivity contribution in [3.05, 3.63) is 253 Å². The summed E-state index contributed by atoms with van der Waals surface area (Å²) in [7, 11) is 0. The van der Waals surface area contributed by atoms with Gasteiger partial charge in [0, 0.05) is 33.2 Å². The van der Waals surface area contributed by atoms with Crippen LogP contribution in [0.2, 0.25) is 0 Å². The Morgan fingerprint density at radius 3 is 1.66 bits per heavy atom. The molecule has 0 saturated heterocycles. The Morgan fingerprint density at radius 1 is 0.359 bits per heavy atom. The van der Waals surface area contributed by atoms with Crippen molar-refractivity contribution in [1.82, 2.24) is 4.57 Å². The number of anilines is 3. The van der Waals surface area contributed by atoms with E-state index in [0.717, 1.165) is 55.8 Å². The fourth-order valence-electron chi connectivity index (χ4n) is 11.4. The molecule has 64 heavy (non-hydrogen) atoms. The largest absolute Gasteiger partial charge is 0.456 e. The predicted octanol–water partition coefficient (Wildman–Crippen LogP) is 16.2. The molecule has 0 amide bonds. The fraction of sp³-hybridized carbons (Fsp3) is 0.0164. The molecular formula is C61H38N2O. The number of nitrogens with zero attached hydrogens (tertiary/aromatic N) is 2. The van der Waals surface area contributed by atoms with Gasteiger partial charge in [-0.3, -0.25) is 0 Å². The van der Waals surface area contributed by atoms with Crippen molar-refractivity contribution in [2.75, 3.05) is 4.90 Å². The van der Waals surface area contributed by atoms with E-state index < -0.39 is 5.41 Å². The van der Waals surface area contributed by atoms with Crippen molar-refractivity contribution in [1.29, 1.82) is 0 Å². The maximum Gasteiger partial charge on any atom is 0.137 e.